The van der Waals surface area contributed by atoms with Crippen molar-refractivity contribution in [1.82, 2.24) is 20.1 Å². The molecule has 1 spiro atoms. The molecule has 5 rings (SSSR count). The number of amides is 3. The number of piperidine rings is 1. The van der Waals surface area contributed by atoms with Crippen molar-refractivity contribution in [3.05, 3.63) is 29.6 Å². The van der Waals surface area contributed by atoms with Gasteiger partial charge in [0.2, 0.25) is 5.91 Å². The molecule has 4 aliphatic rings. The quantitative estimate of drug-likeness (QED) is 0.838. The third-order valence-corrected chi connectivity index (χ3v) is 6.94. The molecule has 4 heterocycles. The molecule has 7 nitrogen and oxygen atoms in total. The normalized spacial score (nSPS) is 31.6. The first-order chi connectivity index (χ1) is 15.5. The van der Waals surface area contributed by atoms with E-state index in [1.165, 1.54) is 18.5 Å². The predicted octanol–water partition coefficient (Wildman–Crippen LogP) is 2.16. The molecule has 1 N–H and O–H groups in total. The number of carbonyl (C=O) groups excluding carboxylic acids is 2. The highest BCUT2D eigenvalue weighted by Crippen LogP contribution is 2.59. The van der Waals surface area contributed by atoms with Gasteiger partial charge >= 0.3 is 6.03 Å². The summed E-state index contributed by atoms with van der Waals surface area (Å²) in [5.74, 6) is 0.452. The number of aromatic nitrogens is 1. The van der Waals surface area contributed by atoms with Gasteiger partial charge in [0.1, 0.15) is 0 Å². The molecule has 3 fully saturated rings. The molecule has 1 aliphatic carbocycles. The Hall–Kier alpha value is -2.15. The summed E-state index contributed by atoms with van der Waals surface area (Å²) in [5, 5.41) is 2.78. The van der Waals surface area contributed by atoms with Crippen molar-refractivity contribution in [3.63, 3.8) is 0 Å². The highest BCUT2D eigenvalue weighted by molar-refractivity contribution is 5.77. The first kappa shape index (κ1) is 14.8. The van der Waals surface area contributed by atoms with Crippen LogP contribution in [0.3, 0.4) is 0 Å². The van der Waals surface area contributed by atoms with E-state index in [0.29, 0.717) is 31.1 Å². The van der Waals surface area contributed by atoms with Crippen LogP contribution in [0.25, 0.3) is 0 Å². The van der Waals surface area contributed by atoms with Crippen LogP contribution in [0.2, 0.25) is 0 Å². The van der Waals surface area contributed by atoms with E-state index in [9.17, 15) is 9.59 Å². The minimum absolute atomic E-state index is 0.0280. The molecule has 1 aromatic heterocycles. The molecule has 3 aliphatic heterocycles. The Morgan fingerprint density at radius 3 is 2.72 bits per heavy atom. The lowest BCUT2D eigenvalue weighted by Gasteiger charge is -2.40. The molecule has 7 heteroatoms. The molecule has 1 atom stereocenters. The predicted molar refractivity (Wildman–Crippen MR) is 107 cm³/mol. The van der Waals surface area contributed by atoms with Gasteiger partial charge in [-0.25, -0.2) is 4.79 Å². The topological polar surface area (TPSA) is 74.8 Å². The van der Waals surface area contributed by atoms with Gasteiger partial charge in [0, 0.05) is 56.9 Å². The number of carbonyl (C=O) groups is 2. The number of nitrogens with one attached hydrogen (secondary N) is 1. The van der Waals surface area contributed by atoms with Crippen LogP contribution in [0.15, 0.2) is 18.5 Å². The third kappa shape index (κ3) is 3.61. The average Bonchev–Trinajstić information content (AvgIpc) is 3.38. The molecule has 0 radical (unpaired) electrons. The van der Waals surface area contributed by atoms with Crippen molar-refractivity contribution < 1.29 is 19.8 Å². The smallest absolute Gasteiger partial charge is 0.318 e. The van der Waals surface area contributed by atoms with Crippen molar-refractivity contribution in [3.8, 4) is 0 Å². The molecule has 156 valence electrons. The number of ether oxygens (including phenoxy) is 1. The Morgan fingerprint density at radius 2 is 2.03 bits per heavy atom. The van der Waals surface area contributed by atoms with Gasteiger partial charge in [-0.2, -0.15) is 0 Å². The van der Waals surface area contributed by atoms with Gasteiger partial charge in [0.25, 0.3) is 0 Å². The van der Waals surface area contributed by atoms with Crippen molar-refractivity contribution in [2.45, 2.75) is 45.6 Å². The lowest BCUT2D eigenvalue weighted by atomic mass is 9.83. The summed E-state index contributed by atoms with van der Waals surface area (Å²) >= 11 is 0. The zero-order valence-corrected chi connectivity index (χ0v) is 16.7. The molecule has 0 aromatic carbocycles. The maximum atomic E-state index is 12.9. The number of hydrogen-bond acceptors (Lipinski definition) is 4. The summed E-state index contributed by atoms with van der Waals surface area (Å²) in [6, 6.07) is 0.663. The third-order valence-electron chi connectivity index (χ3n) is 6.94. The number of likely N-dealkylation sites (tertiary alicyclic amines) is 1. The van der Waals surface area contributed by atoms with Gasteiger partial charge in [-0.15, -0.1) is 0 Å². The van der Waals surface area contributed by atoms with Crippen molar-refractivity contribution in [1.29, 1.82) is 0 Å². The van der Waals surface area contributed by atoms with E-state index in [1.54, 1.807) is 0 Å². The van der Waals surface area contributed by atoms with Gasteiger partial charge in [-0.1, -0.05) is 6.92 Å². The summed E-state index contributed by atoms with van der Waals surface area (Å²) in [6.45, 7) is 0.644. The Bertz CT molecular complexity index is 941. The Balaban J connectivity index is 1.15. The van der Waals surface area contributed by atoms with Crippen molar-refractivity contribution >= 4 is 11.9 Å². The van der Waals surface area contributed by atoms with E-state index in [2.05, 4.69) is 17.2 Å². The SMILES string of the molecule is [2H]C1([2H])c2ccncc2C([2H])([2H])N1C(=O)NCC1CC12CCN(C(=O)CC1(C)COC1)CC2. The standard InChI is InChI=1S/C22H30N4O3/c1-21(14-29-15-21)9-19(27)25-6-3-22(4-7-25)8-18(22)11-24-20(28)26-12-16-2-5-23-10-17(16)13-26/h2,5,10,18H,3-4,6-9,11-15H2,1H3,(H,24,28)/i12D2,13D2. The second-order valence-electron chi connectivity index (χ2n) is 9.29. The zero-order chi connectivity index (χ0) is 23.6. The van der Waals surface area contributed by atoms with Crippen LogP contribution in [0, 0.1) is 16.7 Å². The van der Waals surface area contributed by atoms with Gasteiger partial charge in [0.05, 0.1) is 18.7 Å². The van der Waals surface area contributed by atoms with Gasteiger partial charge < -0.3 is 19.9 Å². The molecule has 1 saturated carbocycles. The number of urea groups is 1. The summed E-state index contributed by atoms with van der Waals surface area (Å²) in [4.78, 5) is 32.0. The molecular weight excluding hydrogens is 368 g/mol. The van der Waals surface area contributed by atoms with Crippen molar-refractivity contribution in [2.75, 3.05) is 32.8 Å². The van der Waals surface area contributed by atoms with Crippen LogP contribution in [0.1, 0.15) is 49.2 Å². The molecule has 3 amide bonds. The lowest BCUT2D eigenvalue weighted by Crippen LogP contribution is -2.47. The first-order valence-electron chi connectivity index (χ1n) is 12.4. The van der Waals surface area contributed by atoms with Gasteiger partial charge in [-0.05, 0) is 47.8 Å². The first-order valence-corrected chi connectivity index (χ1v) is 10.4. The minimum atomic E-state index is -2.29. The van der Waals surface area contributed by atoms with E-state index in [4.69, 9.17) is 10.2 Å². The van der Waals surface area contributed by atoms with E-state index < -0.39 is 19.0 Å². The molecule has 2 saturated heterocycles. The highest BCUT2D eigenvalue weighted by Gasteiger charge is 2.55. The fourth-order valence-corrected chi connectivity index (χ4v) is 4.80. The van der Waals surface area contributed by atoms with Crippen LogP contribution in [0.5, 0.6) is 0 Å². The van der Waals surface area contributed by atoms with Gasteiger partial charge in [-0.3, -0.25) is 9.78 Å². The van der Waals surface area contributed by atoms with Crippen LogP contribution in [-0.2, 0) is 22.5 Å². The largest absolute Gasteiger partial charge is 0.380 e. The van der Waals surface area contributed by atoms with Crippen LogP contribution in [0.4, 0.5) is 4.79 Å². The maximum absolute atomic E-state index is 12.9. The highest BCUT2D eigenvalue weighted by atomic mass is 16.5. The number of rotatable bonds is 4. The van der Waals surface area contributed by atoms with Crippen molar-refractivity contribution in [2.24, 2.45) is 16.7 Å². The summed E-state index contributed by atoms with van der Waals surface area (Å²) in [6.07, 6.45) is 5.97. The van der Waals surface area contributed by atoms with Crippen LogP contribution >= 0.6 is 0 Å². The maximum Gasteiger partial charge on any atom is 0.318 e. The number of hydrogen-bond donors (Lipinski definition) is 1. The van der Waals surface area contributed by atoms with E-state index in [1.807, 2.05) is 4.90 Å². The van der Waals surface area contributed by atoms with E-state index >= 15 is 0 Å². The molecule has 1 unspecified atom stereocenters. The summed E-state index contributed by atoms with van der Waals surface area (Å²) in [7, 11) is 0. The fourth-order valence-electron chi connectivity index (χ4n) is 4.80. The zero-order valence-electron chi connectivity index (χ0n) is 20.7. The minimum Gasteiger partial charge on any atom is -0.380 e. The molecule has 29 heavy (non-hydrogen) atoms. The summed E-state index contributed by atoms with van der Waals surface area (Å²) in [5.41, 5.74) is 0.288. The Morgan fingerprint density at radius 1 is 1.28 bits per heavy atom. The number of pyridine rings is 1. The van der Waals surface area contributed by atoms with Crippen LogP contribution in [-0.4, -0.2) is 59.6 Å². The lowest BCUT2D eigenvalue weighted by molar-refractivity contribution is -0.149. The second-order valence-corrected chi connectivity index (χ2v) is 9.29. The average molecular weight is 403 g/mol. The van der Waals surface area contributed by atoms with E-state index in [0.717, 1.165) is 32.4 Å². The molecular formula is C22H30N4O3. The van der Waals surface area contributed by atoms with Gasteiger partial charge in [0.15, 0.2) is 0 Å². The van der Waals surface area contributed by atoms with Crippen LogP contribution < -0.4 is 5.32 Å². The number of nitrogens with zero attached hydrogens (tertiary/aromatic N) is 3. The Labute approximate surface area is 177 Å². The number of fused-ring (bicyclic) bond motifs is 1. The summed E-state index contributed by atoms with van der Waals surface area (Å²) < 4.78 is 38.7. The Kier molecular flexibility index (Phi) is 3.55. The monoisotopic (exact) mass is 402 g/mol. The fraction of sp³-hybridized carbons (Fsp3) is 0.682. The molecule has 1 aromatic rings. The van der Waals surface area contributed by atoms with E-state index in [-0.39, 0.29) is 33.8 Å². The molecule has 0 bridgehead atoms. The second kappa shape index (κ2) is 6.97.